The Bertz CT molecular complexity index is 772. The number of hydrogen-bond donors (Lipinski definition) is 2. The number of allylic oxidation sites excluding steroid dienone is 1. The summed E-state index contributed by atoms with van der Waals surface area (Å²) in [6, 6.07) is 15.2. The van der Waals surface area contributed by atoms with Crippen LogP contribution in [-0.4, -0.2) is 22.6 Å². The highest BCUT2D eigenvalue weighted by Crippen LogP contribution is 2.16. The first-order valence-corrected chi connectivity index (χ1v) is 7.85. The second kappa shape index (κ2) is 7.66. The normalized spacial score (nSPS) is 11.7. The summed E-state index contributed by atoms with van der Waals surface area (Å²) in [5, 5.41) is 12.6. The van der Waals surface area contributed by atoms with Crippen molar-refractivity contribution in [2.75, 3.05) is 5.32 Å². The Kier molecular flexibility index (Phi) is 5.60. The third-order valence-corrected chi connectivity index (χ3v) is 3.15. The summed E-state index contributed by atoms with van der Waals surface area (Å²) in [4.78, 5) is 23.9. The van der Waals surface area contributed by atoms with Crippen LogP contribution in [0.2, 0.25) is 0 Å². The number of anilines is 1. The number of benzene rings is 2. The van der Waals surface area contributed by atoms with E-state index in [2.05, 4.69) is 5.32 Å². The molecule has 0 aromatic heterocycles. The molecule has 0 atom stereocenters. The Labute approximate surface area is 146 Å². The molecule has 0 heterocycles. The van der Waals surface area contributed by atoms with Gasteiger partial charge in [-0.2, -0.15) is 0 Å². The van der Waals surface area contributed by atoms with E-state index in [9.17, 15) is 14.7 Å². The molecule has 0 spiro atoms. The summed E-state index contributed by atoms with van der Waals surface area (Å²) >= 11 is 0. The van der Waals surface area contributed by atoms with Gasteiger partial charge in [-0.15, -0.1) is 0 Å². The smallest absolute Gasteiger partial charge is 0.412 e. The molecule has 130 valence electrons. The highest BCUT2D eigenvalue weighted by Gasteiger charge is 2.16. The molecule has 2 aromatic carbocycles. The fraction of sp³-hybridized carbons (Fsp3) is 0.200. The van der Waals surface area contributed by atoms with Gasteiger partial charge in [-0.25, -0.2) is 4.79 Å². The monoisotopic (exact) mass is 339 g/mol. The topological polar surface area (TPSA) is 75.6 Å². The van der Waals surface area contributed by atoms with Crippen molar-refractivity contribution in [2.45, 2.75) is 26.4 Å². The van der Waals surface area contributed by atoms with Crippen molar-refractivity contribution in [1.82, 2.24) is 0 Å². The lowest BCUT2D eigenvalue weighted by atomic mass is 10.1. The average molecular weight is 339 g/mol. The quantitative estimate of drug-likeness (QED) is 0.476. The maximum atomic E-state index is 12.2. The maximum absolute atomic E-state index is 12.2. The lowest BCUT2D eigenvalue weighted by Crippen LogP contribution is -2.27. The second-order valence-electron chi connectivity index (χ2n) is 6.46. The number of nitrogens with one attached hydrogen (secondary N) is 1. The third-order valence-electron chi connectivity index (χ3n) is 3.15. The molecule has 0 saturated carbocycles. The lowest BCUT2D eigenvalue weighted by molar-refractivity contribution is 0.0636. The predicted molar refractivity (Wildman–Crippen MR) is 97.7 cm³/mol. The molecule has 0 unspecified atom stereocenters. The van der Waals surface area contributed by atoms with E-state index in [0.29, 0.717) is 16.8 Å². The van der Waals surface area contributed by atoms with Crippen molar-refractivity contribution >= 4 is 23.3 Å². The van der Waals surface area contributed by atoms with E-state index in [0.717, 1.165) is 0 Å². The van der Waals surface area contributed by atoms with Gasteiger partial charge in [0, 0.05) is 22.9 Å². The van der Waals surface area contributed by atoms with Crippen molar-refractivity contribution in [1.29, 1.82) is 0 Å². The van der Waals surface area contributed by atoms with Crippen LogP contribution in [0.15, 0.2) is 60.7 Å². The molecule has 0 aliphatic carbocycles. The van der Waals surface area contributed by atoms with Crippen molar-refractivity contribution in [2.24, 2.45) is 0 Å². The Morgan fingerprint density at radius 3 is 2.12 bits per heavy atom. The fourth-order valence-corrected chi connectivity index (χ4v) is 2.04. The number of ether oxygens (including phenoxy) is 1. The van der Waals surface area contributed by atoms with Gasteiger partial charge in [-0.1, -0.05) is 30.3 Å². The molecular weight excluding hydrogens is 318 g/mol. The zero-order chi connectivity index (χ0) is 18.4. The second-order valence-corrected chi connectivity index (χ2v) is 6.46. The van der Waals surface area contributed by atoms with E-state index >= 15 is 0 Å². The molecule has 0 fully saturated rings. The molecule has 5 heteroatoms. The van der Waals surface area contributed by atoms with Crippen LogP contribution in [0.3, 0.4) is 0 Å². The summed E-state index contributed by atoms with van der Waals surface area (Å²) in [6.45, 7) is 5.33. The molecule has 2 N–H and O–H groups in total. The number of aliphatic hydroxyl groups excluding tert-OH is 1. The highest BCUT2D eigenvalue weighted by atomic mass is 16.6. The van der Waals surface area contributed by atoms with Crippen LogP contribution >= 0.6 is 0 Å². The van der Waals surface area contributed by atoms with Gasteiger partial charge in [-0.3, -0.25) is 10.1 Å². The first kappa shape index (κ1) is 18.3. The van der Waals surface area contributed by atoms with Gasteiger partial charge in [0.15, 0.2) is 5.78 Å². The van der Waals surface area contributed by atoms with Gasteiger partial charge in [0.1, 0.15) is 11.4 Å². The first-order valence-electron chi connectivity index (χ1n) is 7.85. The minimum absolute atomic E-state index is 0.0958. The van der Waals surface area contributed by atoms with Gasteiger partial charge in [-0.05, 0) is 45.0 Å². The van der Waals surface area contributed by atoms with E-state index in [1.165, 1.54) is 6.08 Å². The van der Waals surface area contributed by atoms with Crippen LogP contribution in [0.25, 0.3) is 5.76 Å². The SMILES string of the molecule is CC(C)(C)OC(=O)Nc1ccc(C(=O)/C=C(\O)c2ccccc2)cc1. The van der Waals surface area contributed by atoms with Gasteiger partial charge in [0.25, 0.3) is 0 Å². The molecular formula is C20H21NO4. The van der Waals surface area contributed by atoms with Crippen LogP contribution in [0.5, 0.6) is 0 Å². The standard InChI is InChI=1S/C20H21NO4/c1-20(2,3)25-19(24)21-16-11-9-15(10-12-16)18(23)13-17(22)14-7-5-4-6-8-14/h4-13,22H,1-3H3,(H,21,24)/b17-13-. The highest BCUT2D eigenvalue weighted by molar-refractivity contribution is 6.08. The number of rotatable bonds is 4. The Balaban J connectivity index is 2.04. The van der Waals surface area contributed by atoms with E-state index < -0.39 is 11.7 Å². The molecule has 0 aliphatic heterocycles. The summed E-state index contributed by atoms with van der Waals surface area (Å²) in [6.07, 6.45) is 0.610. The number of hydrogen-bond acceptors (Lipinski definition) is 4. The Morgan fingerprint density at radius 1 is 0.960 bits per heavy atom. The minimum Gasteiger partial charge on any atom is -0.507 e. The average Bonchev–Trinajstić information content (AvgIpc) is 2.54. The maximum Gasteiger partial charge on any atom is 0.412 e. The predicted octanol–water partition coefficient (Wildman–Crippen LogP) is 4.82. The van der Waals surface area contributed by atoms with Gasteiger partial charge in [0.2, 0.25) is 0 Å². The molecule has 0 radical (unpaired) electrons. The number of ketones is 1. The van der Waals surface area contributed by atoms with E-state index in [-0.39, 0.29) is 11.5 Å². The molecule has 1 amide bonds. The third kappa shape index (κ3) is 5.80. The molecule has 0 saturated heterocycles. The summed E-state index contributed by atoms with van der Waals surface area (Å²) in [5.74, 6) is -0.424. The largest absolute Gasteiger partial charge is 0.507 e. The van der Waals surface area contributed by atoms with Crippen LogP contribution < -0.4 is 5.32 Å². The van der Waals surface area contributed by atoms with Gasteiger partial charge < -0.3 is 9.84 Å². The van der Waals surface area contributed by atoms with Crippen LogP contribution in [0, 0.1) is 0 Å². The summed E-state index contributed by atoms with van der Waals surface area (Å²) in [7, 11) is 0. The number of carbonyl (C=O) groups is 2. The fourth-order valence-electron chi connectivity index (χ4n) is 2.04. The number of carbonyl (C=O) groups excluding carboxylic acids is 2. The van der Waals surface area contributed by atoms with E-state index in [4.69, 9.17) is 4.74 Å². The Hall–Kier alpha value is -3.08. The van der Waals surface area contributed by atoms with E-state index in [1.54, 1.807) is 69.3 Å². The molecule has 0 bridgehead atoms. The first-order chi connectivity index (χ1) is 11.7. The molecule has 25 heavy (non-hydrogen) atoms. The zero-order valence-electron chi connectivity index (χ0n) is 14.4. The molecule has 0 aliphatic rings. The number of aliphatic hydroxyl groups is 1. The van der Waals surface area contributed by atoms with Crippen LogP contribution in [-0.2, 0) is 4.74 Å². The van der Waals surface area contributed by atoms with E-state index in [1.807, 2.05) is 6.07 Å². The van der Waals surface area contributed by atoms with Crippen molar-refractivity contribution in [3.05, 3.63) is 71.8 Å². The van der Waals surface area contributed by atoms with Crippen LogP contribution in [0.4, 0.5) is 10.5 Å². The lowest BCUT2D eigenvalue weighted by Gasteiger charge is -2.19. The van der Waals surface area contributed by atoms with Crippen molar-refractivity contribution in [3.63, 3.8) is 0 Å². The minimum atomic E-state index is -0.584. The summed E-state index contributed by atoms with van der Waals surface area (Å²) in [5.41, 5.74) is 0.901. The molecule has 2 aromatic rings. The van der Waals surface area contributed by atoms with Crippen molar-refractivity contribution in [3.8, 4) is 0 Å². The van der Waals surface area contributed by atoms with Gasteiger partial charge >= 0.3 is 6.09 Å². The summed E-state index contributed by atoms with van der Waals surface area (Å²) < 4.78 is 5.16. The van der Waals surface area contributed by atoms with Gasteiger partial charge in [0.05, 0.1) is 0 Å². The van der Waals surface area contributed by atoms with Crippen LogP contribution in [0.1, 0.15) is 36.7 Å². The Morgan fingerprint density at radius 2 is 1.56 bits per heavy atom. The zero-order valence-corrected chi connectivity index (χ0v) is 14.4. The number of amides is 1. The molecule has 2 rings (SSSR count). The van der Waals surface area contributed by atoms with Crippen molar-refractivity contribution < 1.29 is 19.4 Å². The molecule has 5 nitrogen and oxygen atoms in total.